The number of piperidine rings is 1. The molecule has 2 heterocycles. The number of ether oxygens (including phenoxy) is 1. The monoisotopic (exact) mass is 315 g/mol. The average Bonchev–Trinajstić information content (AvgIpc) is 2.84. The standard InChI is InChI=1S/C18H21NO4/c1-9-7-14(21)16-15-10(9)8-12-11-3-4-13(20)17(23-16)18(11,15)5-6-19(12,2)22/h3-4,7,11-13,17,20-21H,5-6,8H2,1-2H3/t11-,12+,13-,17-,18-,19?/m0/s1. The molecule has 1 saturated heterocycles. The maximum atomic E-state index is 13.1. The Morgan fingerprint density at radius 3 is 2.96 bits per heavy atom. The number of aromatic hydroxyl groups is 1. The van der Waals surface area contributed by atoms with Gasteiger partial charge < -0.3 is 24.8 Å². The molecule has 2 N–H and O–H groups in total. The van der Waals surface area contributed by atoms with Crippen LogP contribution in [-0.4, -0.2) is 46.7 Å². The lowest BCUT2D eigenvalue weighted by Gasteiger charge is -2.61. The third kappa shape index (κ3) is 1.40. The van der Waals surface area contributed by atoms with Crippen molar-refractivity contribution in [2.75, 3.05) is 13.6 Å². The fourth-order valence-electron chi connectivity index (χ4n) is 5.65. The van der Waals surface area contributed by atoms with Crippen molar-refractivity contribution in [3.63, 3.8) is 0 Å². The summed E-state index contributed by atoms with van der Waals surface area (Å²) < 4.78 is 5.84. The van der Waals surface area contributed by atoms with Crippen molar-refractivity contribution in [2.45, 2.75) is 43.4 Å². The van der Waals surface area contributed by atoms with E-state index in [0.717, 1.165) is 16.7 Å². The van der Waals surface area contributed by atoms with E-state index < -0.39 is 12.2 Å². The zero-order valence-electron chi connectivity index (χ0n) is 13.3. The largest absolute Gasteiger partial charge is 0.633 e. The molecule has 1 fully saturated rings. The van der Waals surface area contributed by atoms with Gasteiger partial charge in [-0.1, -0.05) is 12.2 Å². The number of quaternary nitrogens is 1. The van der Waals surface area contributed by atoms with E-state index in [1.165, 1.54) is 0 Å². The van der Waals surface area contributed by atoms with Crippen molar-refractivity contribution >= 4 is 0 Å². The summed E-state index contributed by atoms with van der Waals surface area (Å²) >= 11 is 0. The molecule has 1 unspecified atom stereocenters. The predicted molar refractivity (Wildman–Crippen MR) is 84.1 cm³/mol. The maximum absolute atomic E-state index is 13.1. The average molecular weight is 315 g/mol. The van der Waals surface area contributed by atoms with E-state index in [2.05, 4.69) is 0 Å². The van der Waals surface area contributed by atoms with Crippen molar-refractivity contribution in [1.82, 2.24) is 0 Å². The highest BCUT2D eigenvalue weighted by Gasteiger charge is 2.67. The molecule has 0 aromatic heterocycles. The minimum absolute atomic E-state index is 0.0553. The molecule has 1 spiro atoms. The van der Waals surface area contributed by atoms with Gasteiger partial charge in [0.1, 0.15) is 12.2 Å². The fourth-order valence-corrected chi connectivity index (χ4v) is 5.65. The molecule has 2 bridgehead atoms. The van der Waals surface area contributed by atoms with E-state index in [1.54, 1.807) is 19.2 Å². The minimum atomic E-state index is -0.700. The summed E-state index contributed by atoms with van der Waals surface area (Å²) in [5.74, 6) is 0.741. The lowest BCUT2D eigenvalue weighted by Crippen LogP contribution is -2.69. The van der Waals surface area contributed by atoms with Crippen molar-refractivity contribution in [2.24, 2.45) is 5.92 Å². The summed E-state index contributed by atoms with van der Waals surface area (Å²) in [7, 11) is 1.77. The summed E-state index contributed by atoms with van der Waals surface area (Å²) in [6.07, 6.45) is 4.09. The quantitative estimate of drug-likeness (QED) is 0.432. The number of phenolic OH excluding ortho intramolecular Hbond substituents is 1. The van der Waals surface area contributed by atoms with E-state index in [4.69, 9.17) is 4.74 Å². The highest BCUT2D eigenvalue weighted by Crippen LogP contribution is 2.63. The molecule has 0 radical (unpaired) electrons. The summed E-state index contributed by atoms with van der Waals surface area (Å²) in [6, 6.07) is 1.67. The molecule has 5 heteroatoms. The fraction of sp³-hybridized carbons (Fsp3) is 0.556. The number of hydrogen-bond donors (Lipinski definition) is 2. The van der Waals surface area contributed by atoms with E-state index in [9.17, 15) is 15.4 Å². The third-order valence-corrected chi connectivity index (χ3v) is 6.73. The summed E-state index contributed by atoms with van der Waals surface area (Å²) in [4.78, 5) is 0. The topological polar surface area (TPSA) is 72.8 Å². The Kier molecular flexibility index (Phi) is 2.35. The van der Waals surface area contributed by atoms with Gasteiger partial charge in [-0.05, 0) is 24.1 Å². The second kappa shape index (κ2) is 3.91. The first-order valence-electron chi connectivity index (χ1n) is 8.31. The van der Waals surface area contributed by atoms with Gasteiger partial charge in [-0.15, -0.1) is 0 Å². The molecule has 1 aromatic rings. The van der Waals surface area contributed by atoms with Crippen LogP contribution in [0, 0.1) is 18.0 Å². The first-order valence-corrected chi connectivity index (χ1v) is 8.31. The van der Waals surface area contributed by atoms with Crippen LogP contribution < -0.4 is 4.74 Å². The van der Waals surface area contributed by atoms with E-state index in [1.807, 2.05) is 13.0 Å². The first kappa shape index (κ1) is 13.8. The summed E-state index contributed by atoms with van der Waals surface area (Å²) in [5, 5.41) is 33.9. The van der Waals surface area contributed by atoms with Crippen LogP contribution in [0.5, 0.6) is 11.5 Å². The van der Waals surface area contributed by atoms with Crippen LogP contribution in [0.25, 0.3) is 0 Å². The highest BCUT2D eigenvalue weighted by molar-refractivity contribution is 5.63. The number of phenols is 1. The van der Waals surface area contributed by atoms with Gasteiger partial charge in [-0.3, -0.25) is 0 Å². The van der Waals surface area contributed by atoms with Gasteiger partial charge >= 0.3 is 0 Å². The van der Waals surface area contributed by atoms with Crippen LogP contribution in [0.15, 0.2) is 18.2 Å². The van der Waals surface area contributed by atoms with Crippen molar-refractivity contribution in [3.8, 4) is 11.5 Å². The van der Waals surface area contributed by atoms with Crippen molar-refractivity contribution in [1.29, 1.82) is 0 Å². The second-order valence-corrected chi connectivity index (χ2v) is 7.79. The number of benzene rings is 1. The Bertz CT molecular complexity index is 756. The van der Waals surface area contributed by atoms with E-state index >= 15 is 0 Å². The highest BCUT2D eigenvalue weighted by atomic mass is 16.5. The Balaban J connectivity index is 1.87. The minimum Gasteiger partial charge on any atom is -0.633 e. The van der Waals surface area contributed by atoms with Gasteiger partial charge in [-0.2, -0.15) is 0 Å². The Hall–Kier alpha value is -1.56. The maximum Gasteiger partial charge on any atom is 0.165 e. The predicted octanol–water partition coefficient (Wildman–Crippen LogP) is 1.52. The Morgan fingerprint density at radius 1 is 1.39 bits per heavy atom. The van der Waals surface area contributed by atoms with E-state index in [0.29, 0.717) is 25.1 Å². The van der Waals surface area contributed by atoms with Gasteiger partial charge in [0.15, 0.2) is 11.5 Å². The molecule has 2 aliphatic heterocycles. The number of hydrogen-bond acceptors (Lipinski definition) is 4. The molecule has 5 rings (SSSR count). The lowest BCUT2D eigenvalue weighted by molar-refractivity contribution is -0.898. The number of aliphatic hydroxyl groups is 1. The molecular formula is C18H21NO4. The first-order chi connectivity index (χ1) is 10.9. The smallest absolute Gasteiger partial charge is 0.165 e. The zero-order valence-corrected chi connectivity index (χ0v) is 13.3. The normalized spacial score (nSPS) is 45.6. The molecule has 2 aliphatic carbocycles. The van der Waals surface area contributed by atoms with Crippen molar-refractivity contribution < 1.29 is 19.6 Å². The molecule has 0 saturated carbocycles. The number of rotatable bonds is 0. The van der Waals surface area contributed by atoms with Crippen LogP contribution >= 0.6 is 0 Å². The summed E-state index contributed by atoms with van der Waals surface area (Å²) in [5.41, 5.74) is 2.85. The summed E-state index contributed by atoms with van der Waals surface area (Å²) in [6.45, 7) is 2.51. The second-order valence-electron chi connectivity index (χ2n) is 7.79. The van der Waals surface area contributed by atoms with Gasteiger partial charge in [0.2, 0.25) is 0 Å². The number of likely N-dealkylation sites (tertiary alicyclic amines) is 1. The molecule has 1 aromatic carbocycles. The van der Waals surface area contributed by atoms with Gasteiger partial charge in [0.25, 0.3) is 0 Å². The Labute approximate surface area is 135 Å². The zero-order chi connectivity index (χ0) is 16.1. The van der Waals surface area contributed by atoms with Crippen LogP contribution in [0.1, 0.15) is 23.1 Å². The van der Waals surface area contributed by atoms with Gasteiger partial charge in [-0.25, -0.2) is 0 Å². The van der Waals surface area contributed by atoms with Crippen LogP contribution in [0.2, 0.25) is 0 Å². The molecule has 5 nitrogen and oxygen atoms in total. The van der Waals surface area contributed by atoms with Crippen LogP contribution in [0.4, 0.5) is 0 Å². The molecule has 122 valence electrons. The third-order valence-electron chi connectivity index (χ3n) is 6.73. The van der Waals surface area contributed by atoms with Crippen molar-refractivity contribution in [3.05, 3.63) is 40.1 Å². The van der Waals surface area contributed by atoms with E-state index in [-0.39, 0.29) is 27.8 Å². The number of likely N-dealkylation sites (N-methyl/N-ethyl adjacent to an activating group) is 1. The number of aryl methyl sites for hydroxylation is 1. The molecule has 0 amide bonds. The number of hydroxylamine groups is 3. The van der Waals surface area contributed by atoms with Crippen LogP contribution in [0.3, 0.4) is 0 Å². The van der Waals surface area contributed by atoms with Gasteiger partial charge in [0, 0.05) is 24.3 Å². The SMILES string of the molecule is Cc1cc(O)c2c3c1C[C@@H]1[C@@H]4C=C[C@H](O)[C@H](O2)[C@]34CC[N+]1(C)[O-]. The number of aliphatic hydroxyl groups excluding tert-OH is 1. The molecular weight excluding hydrogens is 294 g/mol. The molecule has 23 heavy (non-hydrogen) atoms. The number of nitrogens with zero attached hydrogens (tertiary/aromatic N) is 1. The molecule has 6 atom stereocenters. The molecule has 4 aliphatic rings. The lowest BCUT2D eigenvalue weighted by atomic mass is 9.53. The van der Waals surface area contributed by atoms with Gasteiger partial charge in [0.05, 0.1) is 25.0 Å². The Morgan fingerprint density at radius 2 is 2.17 bits per heavy atom. The van der Waals surface area contributed by atoms with Crippen LogP contribution in [-0.2, 0) is 11.8 Å².